The van der Waals surface area contributed by atoms with E-state index in [1.165, 1.54) is 29.1 Å². The first-order valence-electron chi connectivity index (χ1n) is 11.6. The number of rotatable bonds is 11. The fourth-order valence-corrected chi connectivity index (χ4v) is 5.24. The van der Waals surface area contributed by atoms with Crippen molar-refractivity contribution in [1.82, 2.24) is 0 Å². The molecule has 174 valence electrons. The van der Waals surface area contributed by atoms with Crippen molar-refractivity contribution in [3.63, 3.8) is 0 Å². The number of nitrogens with one attached hydrogen (secondary N) is 2. The standard InChI is InChI=1S/C25H34N2O4S/c1-4-6-7-14-31-19-11-9-18(10-12-19)26-16-22(28)27-24-23(25(29)30-5-2)20-13-8-17(3)15-21(20)32-24/h9-12,17,26H,4-8,13-16H2,1-3H3,(H,27,28). The summed E-state index contributed by atoms with van der Waals surface area (Å²) in [6, 6.07) is 7.61. The molecule has 7 heteroatoms. The fraction of sp³-hybridized carbons (Fsp3) is 0.520. The lowest BCUT2D eigenvalue weighted by atomic mass is 9.88. The van der Waals surface area contributed by atoms with Gasteiger partial charge in [0.05, 0.1) is 25.3 Å². The van der Waals surface area contributed by atoms with Crippen molar-refractivity contribution in [2.75, 3.05) is 30.4 Å². The Labute approximate surface area is 194 Å². The van der Waals surface area contributed by atoms with Gasteiger partial charge in [-0.3, -0.25) is 4.79 Å². The van der Waals surface area contributed by atoms with Gasteiger partial charge < -0.3 is 20.1 Å². The van der Waals surface area contributed by atoms with Gasteiger partial charge in [-0.2, -0.15) is 0 Å². The molecule has 1 aliphatic carbocycles. The van der Waals surface area contributed by atoms with Gasteiger partial charge in [-0.1, -0.05) is 26.7 Å². The predicted octanol–water partition coefficient (Wildman–Crippen LogP) is 5.67. The molecule has 1 unspecified atom stereocenters. The van der Waals surface area contributed by atoms with Crippen molar-refractivity contribution in [2.45, 2.75) is 59.3 Å². The van der Waals surface area contributed by atoms with Crippen LogP contribution in [0.1, 0.15) is 67.3 Å². The van der Waals surface area contributed by atoms with Gasteiger partial charge in [-0.15, -0.1) is 11.3 Å². The third kappa shape index (κ3) is 6.48. The van der Waals surface area contributed by atoms with Gasteiger partial charge in [0.15, 0.2) is 0 Å². The van der Waals surface area contributed by atoms with Crippen molar-refractivity contribution in [1.29, 1.82) is 0 Å². The van der Waals surface area contributed by atoms with E-state index in [0.29, 0.717) is 23.1 Å². The Hall–Kier alpha value is -2.54. The van der Waals surface area contributed by atoms with Crippen molar-refractivity contribution in [2.24, 2.45) is 5.92 Å². The van der Waals surface area contributed by atoms with Crippen molar-refractivity contribution >= 4 is 33.9 Å². The Morgan fingerprint density at radius 2 is 1.94 bits per heavy atom. The summed E-state index contributed by atoms with van der Waals surface area (Å²) in [5, 5.41) is 6.67. The van der Waals surface area contributed by atoms with Gasteiger partial charge in [0.1, 0.15) is 10.8 Å². The zero-order chi connectivity index (χ0) is 22.9. The molecular formula is C25H34N2O4S. The van der Waals surface area contributed by atoms with Crippen LogP contribution in [0.3, 0.4) is 0 Å². The van der Waals surface area contributed by atoms with Gasteiger partial charge in [0, 0.05) is 10.6 Å². The molecule has 0 fully saturated rings. The predicted molar refractivity (Wildman–Crippen MR) is 130 cm³/mol. The summed E-state index contributed by atoms with van der Waals surface area (Å²) in [7, 11) is 0. The molecule has 0 saturated heterocycles. The molecule has 0 spiro atoms. The Balaban J connectivity index is 1.58. The van der Waals surface area contributed by atoms with Crippen molar-refractivity contribution in [3.05, 3.63) is 40.3 Å². The summed E-state index contributed by atoms with van der Waals surface area (Å²) in [4.78, 5) is 26.4. The van der Waals surface area contributed by atoms with E-state index < -0.39 is 0 Å². The van der Waals surface area contributed by atoms with Gasteiger partial charge >= 0.3 is 5.97 Å². The number of benzene rings is 1. The van der Waals surface area contributed by atoms with Crippen LogP contribution >= 0.6 is 11.3 Å². The summed E-state index contributed by atoms with van der Waals surface area (Å²) in [5.41, 5.74) is 2.42. The third-order valence-corrected chi connectivity index (χ3v) is 6.74. The Morgan fingerprint density at radius 1 is 1.16 bits per heavy atom. The Bertz CT molecular complexity index is 907. The monoisotopic (exact) mass is 458 g/mol. The highest BCUT2D eigenvalue weighted by Gasteiger charge is 2.29. The quantitative estimate of drug-likeness (QED) is 0.335. The first-order valence-corrected chi connectivity index (χ1v) is 12.4. The molecule has 0 radical (unpaired) electrons. The number of hydrogen-bond donors (Lipinski definition) is 2. The maximum atomic E-state index is 12.6. The van der Waals surface area contributed by atoms with E-state index in [4.69, 9.17) is 9.47 Å². The van der Waals surface area contributed by atoms with Crippen LogP contribution in [0.2, 0.25) is 0 Å². The zero-order valence-electron chi connectivity index (χ0n) is 19.3. The number of carbonyl (C=O) groups is 2. The highest BCUT2D eigenvalue weighted by molar-refractivity contribution is 7.17. The summed E-state index contributed by atoms with van der Waals surface area (Å²) < 4.78 is 11.0. The molecule has 0 bridgehead atoms. The molecule has 3 rings (SSSR count). The minimum atomic E-state index is -0.350. The average Bonchev–Trinajstić information content (AvgIpc) is 3.13. The normalized spacial score (nSPS) is 15.0. The molecule has 1 aliphatic rings. The highest BCUT2D eigenvalue weighted by Crippen LogP contribution is 2.40. The summed E-state index contributed by atoms with van der Waals surface area (Å²) in [6.07, 6.45) is 6.22. The van der Waals surface area contributed by atoms with Crippen molar-refractivity contribution < 1.29 is 19.1 Å². The number of thiophene rings is 1. The molecule has 1 heterocycles. The SMILES string of the molecule is CCCCCOc1ccc(NCC(=O)Nc2sc3c(c2C(=O)OCC)CCC(C)C3)cc1. The van der Waals surface area contributed by atoms with Gasteiger partial charge in [-0.25, -0.2) is 4.79 Å². The van der Waals surface area contributed by atoms with E-state index in [-0.39, 0.29) is 18.4 Å². The first kappa shape index (κ1) is 24.1. The second-order valence-electron chi connectivity index (χ2n) is 8.26. The molecule has 0 saturated carbocycles. The van der Waals surface area contributed by atoms with Crippen LogP contribution in [0.5, 0.6) is 5.75 Å². The average molecular weight is 459 g/mol. The minimum Gasteiger partial charge on any atom is -0.494 e. The molecule has 0 aliphatic heterocycles. The summed E-state index contributed by atoms with van der Waals surface area (Å²) in [6.45, 7) is 7.32. The molecular weight excluding hydrogens is 424 g/mol. The number of amides is 1. The van der Waals surface area contributed by atoms with Gasteiger partial charge in [0.25, 0.3) is 0 Å². The van der Waals surface area contributed by atoms with Crippen LogP contribution in [-0.2, 0) is 22.4 Å². The Morgan fingerprint density at radius 3 is 2.66 bits per heavy atom. The molecule has 1 atom stereocenters. The second kappa shape index (κ2) is 11.9. The van der Waals surface area contributed by atoms with Crippen LogP contribution < -0.4 is 15.4 Å². The van der Waals surface area contributed by atoms with E-state index in [0.717, 1.165) is 49.3 Å². The van der Waals surface area contributed by atoms with E-state index >= 15 is 0 Å². The fourth-order valence-electron chi connectivity index (χ4n) is 3.82. The lowest BCUT2D eigenvalue weighted by Crippen LogP contribution is -2.22. The van der Waals surface area contributed by atoms with E-state index in [1.807, 2.05) is 24.3 Å². The molecule has 1 aromatic carbocycles. The van der Waals surface area contributed by atoms with Crippen LogP contribution in [0.25, 0.3) is 0 Å². The number of carbonyl (C=O) groups excluding carboxylic acids is 2. The molecule has 2 N–H and O–H groups in total. The Kier molecular flexibility index (Phi) is 8.97. The van der Waals surface area contributed by atoms with Crippen molar-refractivity contribution in [3.8, 4) is 5.75 Å². The molecule has 1 amide bonds. The zero-order valence-corrected chi connectivity index (χ0v) is 20.1. The first-order chi connectivity index (χ1) is 15.5. The third-order valence-electron chi connectivity index (χ3n) is 5.57. The number of hydrogen-bond acceptors (Lipinski definition) is 6. The van der Waals surface area contributed by atoms with E-state index in [9.17, 15) is 9.59 Å². The second-order valence-corrected chi connectivity index (χ2v) is 9.36. The van der Waals surface area contributed by atoms with Crippen LogP contribution in [0.4, 0.5) is 10.7 Å². The van der Waals surface area contributed by atoms with Gasteiger partial charge in [-0.05, 0) is 68.4 Å². The minimum absolute atomic E-state index is 0.109. The molecule has 32 heavy (non-hydrogen) atoms. The summed E-state index contributed by atoms with van der Waals surface area (Å²) in [5.74, 6) is 0.869. The smallest absolute Gasteiger partial charge is 0.341 e. The lowest BCUT2D eigenvalue weighted by Gasteiger charge is -2.18. The van der Waals surface area contributed by atoms with Crippen LogP contribution in [0, 0.1) is 5.92 Å². The molecule has 2 aromatic rings. The van der Waals surface area contributed by atoms with Gasteiger partial charge in [0.2, 0.25) is 5.91 Å². The topological polar surface area (TPSA) is 76.7 Å². The number of esters is 1. The maximum Gasteiger partial charge on any atom is 0.341 e. The number of anilines is 2. The molecule has 6 nitrogen and oxygen atoms in total. The number of fused-ring (bicyclic) bond motifs is 1. The largest absolute Gasteiger partial charge is 0.494 e. The number of unbranched alkanes of at least 4 members (excludes halogenated alkanes) is 2. The van der Waals surface area contributed by atoms with E-state index in [1.54, 1.807) is 6.92 Å². The van der Waals surface area contributed by atoms with Crippen LogP contribution in [0.15, 0.2) is 24.3 Å². The maximum absolute atomic E-state index is 12.6. The number of ether oxygens (including phenoxy) is 2. The highest BCUT2D eigenvalue weighted by atomic mass is 32.1. The lowest BCUT2D eigenvalue weighted by molar-refractivity contribution is -0.114. The summed E-state index contributed by atoms with van der Waals surface area (Å²) >= 11 is 1.51. The van der Waals surface area contributed by atoms with Crippen LogP contribution in [-0.4, -0.2) is 31.6 Å². The van der Waals surface area contributed by atoms with E-state index in [2.05, 4.69) is 24.5 Å². The molecule has 1 aromatic heterocycles.